The fourth-order valence-electron chi connectivity index (χ4n) is 1.43. The number of alkyl carbamates (subject to hydrolysis) is 1. The average Bonchev–Trinajstić information content (AvgIpc) is 2.39. The molecule has 1 rings (SSSR count). The van der Waals surface area contributed by atoms with Gasteiger partial charge in [-0.3, -0.25) is 10.1 Å². The maximum atomic E-state index is 11.4. The summed E-state index contributed by atoms with van der Waals surface area (Å²) in [5, 5.41) is 2.11. The SMILES string of the molecule is COC(=O)NC(=O)C[NH+](C)CCOc1ccccc1. The molecule has 1 aromatic carbocycles. The highest BCUT2D eigenvalue weighted by molar-refractivity contribution is 5.92. The van der Waals surface area contributed by atoms with E-state index in [1.54, 1.807) is 0 Å². The van der Waals surface area contributed by atoms with Gasteiger partial charge in [-0.05, 0) is 12.1 Å². The minimum absolute atomic E-state index is 0.188. The monoisotopic (exact) mass is 267 g/mol. The van der Waals surface area contributed by atoms with Crippen LogP contribution in [-0.2, 0) is 9.53 Å². The Balaban J connectivity index is 2.19. The molecule has 1 unspecified atom stereocenters. The van der Waals surface area contributed by atoms with E-state index in [1.165, 1.54) is 7.11 Å². The maximum absolute atomic E-state index is 11.4. The molecular weight excluding hydrogens is 248 g/mol. The van der Waals surface area contributed by atoms with E-state index in [9.17, 15) is 9.59 Å². The number of methoxy groups -OCH3 is 1. The van der Waals surface area contributed by atoms with Gasteiger partial charge >= 0.3 is 6.09 Å². The molecule has 0 aromatic heterocycles. The lowest BCUT2D eigenvalue weighted by Gasteiger charge is -2.13. The third-order valence-corrected chi connectivity index (χ3v) is 2.43. The van der Waals surface area contributed by atoms with Crippen LogP contribution in [0.2, 0.25) is 0 Å². The molecule has 0 spiro atoms. The fraction of sp³-hybridized carbons (Fsp3) is 0.385. The molecule has 0 aliphatic carbocycles. The van der Waals surface area contributed by atoms with Crippen molar-refractivity contribution in [2.45, 2.75) is 0 Å². The number of amides is 2. The second-order valence-electron chi connectivity index (χ2n) is 4.09. The first-order valence-corrected chi connectivity index (χ1v) is 5.98. The van der Waals surface area contributed by atoms with Gasteiger partial charge in [-0.15, -0.1) is 0 Å². The van der Waals surface area contributed by atoms with Crippen molar-refractivity contribution >= 4 is 12.0 Å². The molecule has 0 radical (unpaired) electrons. The Hall–Kier alpha value is -2.08. The zero-order valence-corrected chi connectivity index (χ0v) is 11.1. The van der Waals surface area contributed by atoms with Crippen molar-refractivity contribution in [3.63, 3.8) is 0 Å². The lowest BCUT2D eigenvalue weighted by Crippen LogP contribution is -3.10. The number of para-hydroxylation sites is 1. The average molecular weight is 267 g/mol. The zero-order chi connectivity index (χ0) is 14.1. The summed E-state index contributed by atoms with van der Waals surface area (Å²) >= 11 is 0. The molecule has 6 heteroatoms. The van der Waals surface area contributed by atoms with Gasteiger partial charge < -0.3 is 14.4 Å². The number of benzene rings is 1. The van der Waals surface area contributed by atoms with Crippen molar-refractivity contribution in [2.75, 3.05) is 33.9 Å². The molecule has 2 N–H and O–H groups in total. The fourth-order valence-corrected chi connectivity index (χ4v) is 1.43. The first-order valence-electron chi connectivity index (χ1n) is 5.98. The Bertz CT molecular complexity index is 408. The van der Waals surface area contributed by atoms with Gasteiger partial charge in [-0.25, -0.2) is 4.79 Å². The number of rotatable bonds is 6. The first kappa shape index (κ1) is 15.0. The normalized spacial score (nSPS) is 11.5. The molecule has 6 nitrogen and oxygen atoms in total. The van der Waals surface area contributed by atoms with E-state index in [-0.39, 0.29) is 12.5 Å². The lowest BCUT2D eigenvalue weighted by atomic mass is 10.3. The smallest absolute Gasteiger partial charge is 0.413 e. The highest BCUT2D eigenvalue weighted by Gasteiger charge is 2.12. The summed E-state index contributed by atoms with van der Waals surface area (Å²) < 4.78 is 9.85. The summed E-state index contributed by atoms with van der Waals surface area (Å²) in [7, 11) is 3.07. The van der Waals surface area contributed by atoms with Crippen LogP contribution in [0.4, 0.5) is 4.79 Å². The van der Waals surface area contributed by atoms with Gasteiger partial charge in [0.25, 0.3) is 5.91 Å². The zero-order valence-electron chi connectivity index (χ0n) is 11.1. The predicted octanol–water partition coefficient (Wildman–Crippen LogP) is -0.537. The molecule has 0 bridgehead atoms. The molecular formula is C13H19N2O4+. The molecule has 0 aliphatic heterocycles. The molecule has 0 saturated heterocycles. The highest BCUT2D eigenvalue weighted by atomic mass is 16.5. The van der Waals surface area contributed by atoms with E-state index in [2.05, 4.69) is 10.1 Å². The minimum atomic E-state index is -0.738. The summed E-state index contributed by atoms with van der Waals surface area (Å²) in [5.74, 6) is 0.429. The summed E-state index contributed by atoms with van der Waals surface area (Å²) in [6.07, 6.45) is -0.738. The summed E-state index contributed by atoms with van der Waals surface area (Å²) in [4.78, 5) is 23.1. The predicted molar refractivity (Wildman–Crippen MR) is 69.1 cm³/mol. The van der Waals surface area contributed by atoms with Crippen LogP contribution in [0.3, 0.4) is 0 Å². The quantitative estimate of drug-likeness (QED) is 0.726. The van der Waals surface area contributed by atoms with Crippen LogP contribution in [0, 0.1) is 0 Å². The van der Waals surface area contributed by atoms with Crippen molar-refractivity contribution in [2.24, 2.45) is 0 Å². The second kappa shape index (κ2) is 8.10. The van der Waals surface area contributed by atoms with Crippen LogP contribution in [0.15, 0.2) is 30.3 Å². The van der Waals surface area contributed by atoms with Crippen molar-refractivity contribution in [3.05, 3.63) is 30.3 Å². The Kier molecular flexibility index (Phi) is 6.38. The van der Waals surface area contributed by atoms with E-state index in [1.807, 2.05) is 37.4 Å². The van der Waals surface area contributed by atoms with Crippen LogP contribution >= 0.6 is 0 Å². The number of carbonyl (C=O) groups excluding carboxylic acids is 2. The van der Waals surface area contributed by atoms with Gasteiger partial charge in [0.2, 0.25) is 0 Å². The van der Waals surface area contributed by atoms with Gasteiger partial charge in [-0.1, -0.05) is 18.2 Å². The van der Waals surface area contributed by atoms with Crippen molar-refractivity contribution in [1.29, 1.82) is 0 Å². The van der Waals surface area contributed by atoms with E-state index in [0.717, 1.165) is 10.6 Å². The maximum Gasteiger partial charge on any atom is 0.413 e. The molecule has 104 valence electrons. The van der Waals surface area contributed by atoms with Crippen LogP contribution in [0.1, 0.15) is 0 Å². The van der Waals surface area contributed by atoms with Gasteiger partial charge in [0.1, 0.15) is 18.9 Å². The Morgan fingerprint density at radius 2 is 1.95 bits per heavy atom. The number of hydrogen-bond donors (Lipinski definition) is 2. The number of nitrogens with one attached hydrogen (secondary N) is 2. The molecule has 0 saturated carbocycles. The van der Waals surface area contributed by atoms with E-state index in [0.29, 0.717) is 13.2 Å². The number of hydrogen-bond acceptors (Lipinski definition) is 4. The molecule has 0 fully saturated rings. The third kappa shape index (κ3) is 6.42. The topological polar surface area (TPSA) is 69.1 Å². The molecule has 19 heavy (non-hydrogen) atoms. The van der Waals surface area contributed by atoms with Crippen LogP contribution in [0.25, 0.3) is 0 Å². The van der Waals surface area contributed by atoms with Crippen molar-refractivity contribution in [3.8, 4) is 5.75 Å². The Morgan fingerprint density at radius 1 is 1.26 bits per heavy atom. The largest absolute Gasteiger partial charge is 0.488 e. The number of carbonyl (C=O) groups is 2. The van der Waals surface area contributed by atoms with Gasteiger partial charge in [-0.2, -0.15) is 0 Å². The molecule has 1 atom stereocenters. The highest BCUT2D eigenvalue weighted by Crippen LogP contribution is 2.06. The number of likely N-dealkylation sites (N-methyl/N-ethyl adjacent to an activating group) is 1. The number of imide groups is 1. The summed E-state index contributed by atoms with van der Waals surface area (Å²) in [6, 6.07) is 9.46. The first-order chi connectivity index (χ1) is 9.11. The lowest BCUT2D eigenvalue weighted by molar-refractivity contribution is -0.871. The second-order valence-corrected chi connectivity index (χ2v) is 4.09. The Labute approximate surface area is 112 Å². The molecule has 0 aliphatic rings. The third-order valence-electron chi connectivity index (χ3n) is 2.43. The number of ether oxygens (including phenoxy) is 2. The van der Waals surface area contributed by atoms with E-state index >= 15 is 0 Å². The van der Waals surface area contributed by atoms with Crippen LogP contribution < -0.4 is 15.0 Å². The molecule has 1 aromatic rings. The van der Waals surface area contributed by atoms with E-state index in [4.69, 9.17) is 4.74 Å². The van der Waals surface area contributed by atoms with Gasteiger partial charge in [0.15, 0.2) is 6.54 Å². The summed E-state index contributed by atoms with van der Waals surface area (Å²) in [5.41, 5.74) is 0. The van der Waals surface area contributed by atoms with Gasteiger partial charge in [0.05, 0.1) is 14.2 Å². The van der Waals surface area contributed by atoms with Crippen molar-refractivity contribution in [1.82, 2.24) is 5.32 Å². The minimum Gasteiger partial charge on any atom is -0.488 e. The number of quaternary nitrogens is 1. The Morgan fingerprint density at radius 3 is 2.58 bits per heavy atom. The van der Waals surface area contributed by atoms with Crippen LogP contribution in [-0.4, -0.2) is 45.9 Å². The van der Waals surface area contributed by atoms with Gasteiger partial charge in [0, 0.05) is 0 Å². The van der Waals surface area contributed by atoms with E-state index < -0.39 is 6.09 Å². The standard InChI is InChI=1S/C13H18N2O4/c1-15(10-12(16)14-13(17)18-2)8-9-19-11-6-4-3-5-7-11/h3-7H,8-10H2,1-2H3,(H,14,16,17)/p+1. The van der Waals surface area contributed by atoms with Crippen molar-refractivity contribution < 1.29 is 24.0 Å². The molecule has 0 heterocycles. The summed E-state index contributed by atoms with van der Waals surface area (Å²) in [6.45, 7) is 1.35. The van der Waals surface area contributed by atoms with Crippen LogP contribution in [0.5, 0.6) is 5.75 Å². The molecule has 2 amide bonds.